The van der Waals surface area contributed by atoms with Crippen LogP contribution in [0.4, 0.5) is 0 Å². The van der Waals surface area contributed by atoms with Gasteiger partial charge in [-0.1, -0.05) is 38.1 Å². The lowest BCUT2D eigenvalue weighted by Crippen LogP contribution is -2.28. The second kappa shape index (κ2) is 6.02. The van der Waals surface area contributed by atoms with Crippen LogP contribution in [0.3, 0.4) is 0 Å². The number of aliphatic hydroxyl groups excluding tert-OH is 1. The molecule has 2 heteroatoms. The topological polar surface area (TPSA) is 32.3 Å². The van der Waals surface area contributed by atoms with Gasteiger partial charge in [-0.05, 0) is 37.4 Å². The first kappa shape index (κ1) is 13.2. The Bertz CT molecular complexity index is 307. The summed E-state index contributed by atoms with van der Waals surface area (Å²) in [4.78, 5) is 0. The van der Waals surface area contributed by atoms with Crippen LogP contribution in [-0.4, -0.2) is 18.2 Å². The van der Waals surface area contributed by atoms with Crippen molar-refractivity contribution in [3.05, 3.63) is 35.4 Å². The van der Waals surface area contributed by atoms with Crippen LogP contribution in [0.25, 0.3) is 0 Å². The van der Waals surface area contributed by atoms with Gasteiger partial charge < -0.3 is 10.4 Å². The highest BCUT2D eigenvalue weighted by atomic mass is 16.3. The van der Waals surface area contributed by atoms with E-state index in [-0.39, 0.29) is 6.04 Å². The largest absolute Gasteiger partial charge is 0.387 e. The SMILES string of the molecule is CCC(C)c1ccc(C(O)C(C)NC)cc1. The lowest BCUT2D eigenvalue weighted by atomic mass is 9.95. The summed E-state index contributed by atoms with van der Waals surface area (Å²) >= 11 is 0. The molecule has 90 valence electrons. The summed E-state index contributed by atoms with van der Waals surface area (Å²) in [6.07, 6.45) is 0.713. The molecular weight excluding hydrogens is 198 g/mol. The second-order valence-electron chi connectivity index (χ2n) is 4.50. The van der Waals surface area contributed by atoms with E-state index in [0.29, 0.717) is 5.92 Å². The van der Waals surface area contributed by atoms with Crippen LogP contribution in [0.5, 0.6) is 0 Å². The van der Waals surface area contributed by atoms with Gasteiger partial charge in [-0.15, -0.1) is 0 Å². The quantitative estimate of drug-likeness (QED) is 0.801. The molecule has 3 atom stereocenters. The van der Waals surface area contributed by atoms with E-state index in [0.717, 1.165) is 12.0 Å². The summed E-state index contributed by atoms with van der Waals surface area (Å²) in [5, 5.41) is 13.1. The molecule has 1 rings (SSSR count). The van der Waals surface area contributed by atoms with Crippen molar-refractivity contribution >= 4 is 0 Å². The highest BCUT2D eigenvalue weighted by Crippen LogP contribution is 2.22. The molecule has 0 aliphatic rings. The van der Waals surface area contributed by atoms with Crippen molar-refractivity contribution in [1.29, 1.82) is 0 Å². The minimum absolute atomic E-state index is 0.0782. The zero-order chi connectivity index (χ0) is 12.1. The summed E-state index contributed by atoms with van der Waals surface area (Å²) in [5.74, 6) is 0.591. The van der Waals surface area contributed by atoms with E-state index in [9.17, 15) is 5.11 Å². The Morgan fingerprint density at radius 2 is 1.62 bits per heavy atom. The van der Waals surface area contributed by atoms with E-state index >= 15 is 0 Å². The molecule has 16 heavy (non-hydrogen) atoms. The average molecular weight is 221 g/mol. The van der Waals surface area contributed by atoms with Gasteiger partial charge in [0.1, 0.15) is 0 Å². The molecule has 0 bridgehead atoms. The van der Waals surface area contributed by atoms with Gasteiger partial charge in [-0.3, -0.25) is 0 Å². The number of nitrogens with one attached hydrogen (secondary N) is 1. The minimum atomic E-state index is -0.434. The Balaban J connectivity index is 2.78. The molecule has 1 aromatic rings. The van der Waals surface area contributed by atoms with Crippen LogP contribution in [-0.2, 0) is 0 Å². The maximum atomic E-state index is 10.0. The fourth-order valence-corrected chi connectivity index (χ4v) is 1.70. The fourth-order valence-electron chi connectivity index (χ4n) is 1.70. The first-order valence-corrected chi connectivity index (χ1v) is 6.05. The van der Waals surface area contributed by atoms with E-state index in [4.69, 9.17) is 0 Å². The van der Waals surface area contributed by atoms with Crippen molar-refractivity contribution in [2.75, 3.05) is 7.05 Å². The molecule has 1 aromatic carbocycles. The standard InChI is InChI=1S/C14H23NO/c1-5-10(2)12-6-8-13(9-7-12)14(16)11(3)15-4/h6-11,14-16H,5H2,1-4H3. The van der Waals surface area contributed by atoms with Crippen molar-refractivity contribution < 1.29 is 5.11 Å². The number of hydrogen-bond donors (Lipinski definition) is 2. The molecule has 0 aromatic heterocycles. The van der Waals surface area contributed by atoms with Crippen molar-refractivity contribution in [3.8, 4) is 0 Å². The Hall–Kier alpha value is -0.860. The molecule has 0 aliphatic carbocycles. The van der Waals surface area contributed by atoms with Crippen LogP contribution in [0.1, 0.15) is 50.3 Å². The van der Waals surface area contributed by atoms with Crippen LogP contribution in [0.2, 0.25) is 0 Å². The number of aliphatic hydroxyl groups is 1. The average Bonchev–Trinajstić information content (AvgIpc) is 2.36. The number of benzene rings is 1. The summed E-state index contributed by atoms with van der Waals surface area (Å²) in [5.41, 5.74) is 2.32. The molecule has 0 amide bonds. The zero-order valence-electron chi connectivity index (χ0n) is 10.7. The molecule has 0 saturated heterocycles. The molecule has 0 saturated carbocycles. The van der Waals surface area contributed by atoms with Crippen LogP contribution in [0.15, 0.2) is 24.3 Å². The molecule has 0 fully saturated rings. The van der Waals surface area contributed by atoms with E-state index < -0.39 is 6.10 Å². The number of hydrogen-bond acceptors (Lipinski definition) is 2. The van der Waals surface area contributed by atoms with Crippen molar-refractivity contribution in [2.24, 2.45) is 0 Å². The van der Waals surface area contributed by atoms with Crippen molar-refractivity contribution in [1.82, 2.24) is 5.32 Å². The summed E-state index contributed by atoms with van der Waals surface area (Å²) in [6, 6.07) is 8.37. The van der Waals surface area contributed by atoms with Gasteiger partial charge in [0.2, 0.25) is 0 Å². The van der Waals surface area contributed by atoms with Gasteiger partial charge in [0.05, 0.1) is 6.10 Å². The van der Waals surface area contributed by atoms with Crippen molar-refractivity contribution in [2.45, 2.75) is 45.3 Å². The Morgan fingerprint density at radius 3 is 2.06 bits per heavy atom. The molecule has 0 heterocycles. The third kappa shape index (κ3) is 3.06. The lowest BCUT2D eigenvalue weighted by Gasteiger charge is -2.19. The van der Waals surface area contributed by atoms with E-state index in [1.165, 1.54) is 5.56 Å². The molecule has 2 nitrogen and oxygen atoms in total. The normalized spacial score (nSPS) is 16.8. The van der Waals surface area contributed by atoms with Crippen LogP contribution < -0.4 is 5.32 Å². The zero-order valence-corrected chi connectivity index (χ0v) is 10.7. The van der Waals surface area contributed by atoms with Crippen molar-refractivity contribution in [3.63, 3.8) is 0 Å². The smallest absolute Gasteiger partial charge is 0.0940 e. The fraction of sp³-hybridized carbons (Fsp3) is 0.571. The molecule has 2 N–H and O–H groups in total. The van der Waals surface area contributed by atoms with E-state index in [1.807, 2.05) is 26.1 Å². The molecular formula is C14H23NO. The number of rotatable bonds is 5. The highest BCUT2D eigenvalue weighted by Gasteiger charge is 2.14. The van der Waals surface area contributed by atoms with Gasteiger partial charge in [0, 0.05) is 6.04 Å². The van der Waals surface area contributed by atoms with Gasteiger partial charge in [-0.2, -0.15) is 0 Å². The third-order valence-electron chi connectivity index (χ3n) is 3.39. The number of likely N-dealkylation sites (N-methyl/N-ethyl adjacent to an activating group) is 1. The summed E-state index contributed by atoms with van der Waals surface area (Å²) < 4.78 is 0. The highest BCUT2D eigenvalue weighted by molar-refractivity contribution is 5.27. The van der Waals surface area contributed by atoms with Crippen LogP contribution >= 0.6 is 0 Å². The lowest BCUT2D eigenvalue weighted by molar-refractivity contribution is 0.140. The molecule has 0 spiro atoms. The predicted octanol–water partition coefficient (Wildman–Crippen LogP) is 2.84. The molecule has 0 aliphatic heterocycles. The second-order valence-corrected chi connectivity index (χ2v) is 4.50. The molecule has 0 radical (unpaired) electrons. The Morgan fingerprint density at radius 1 is 1.12 bits per heavy atom. The Kier molecular flexibility index (Phi) is 4.97. The summed E-state index contributed by atoms with van der Waals surface area (Å²) in [6.45, 7) is 6.39. The molecule has 3 unspecified atom stereocenters. The minimum Gasteiger partial charge on any atom is -0.387 e. The summed E-state index contributed by atoms with van der Waals surface area (Å²) in [7, 11) is 1.86. The maximum absolute atomic E-state index is 10.0. The van der Waals surface area contributed by atoms with Gasteiger partial charge in [-0.25, -0.2) is 0 Å². The van der Waals surface area contributed by atoms with Gasteiger partial charge >= 0.3 is 0 Å². The Labute approximate surface area is 98.7 Å². The van der Waals surface area contributed by atoms with Crippen LogP contribution in [0, 0.1) is 0 Å². The monoisotopic (exact) mass is 221 g/mol. The van der Waals surface area contributed by atoms with E-state index in [2.05, 4.69) is 31.3 Å². The first-order chi connectivity index (χ1) is 7.60. The maximum Gasteiger partial charge on any atom is 0.0940 e. The van der Waals surface area contributed by atoms with E-state index in [1.54, 1.807) is 0 Å². The first-order valence-electron chi connectivity index (χ1n) is 6.05. The van der Waals surface area contributed by atoms with Gasteiger partial charge in [0.25, 0.3) is 0 Å². The van der Waals surface area contributed by atoms with Gasteiger partial charge in [0.15, 0.2) is 0 Å². The predicted molar refractivity (Wildman–Crippen MR) is 68.6 cm³/mol. The third-order valence-corrected chi connectivity index (χ3v) is 3.39.